The van der Waals surface area contributed by atoms with E-state index in [0.29, 0.717) is 22.5 Å². The number of hydrogen-bond acceptors (Lipinski definition) is 2. The summed E-state index contributed by atoms with van der Waals surface area (Å²) in [7, 11) is 0. The van der Waals surface area contributed by atoms with Crippen molar-refractivity contribution in [2.45, 2.75) is 45.3 Å². The predicted octanol–water partition coefficient (Wildman–Crippen LogP) is 4.54. The van der Waals surface area contributed by atoms with Gasteiger partial charge < -0.3 is 10.0 Å². The monoisotopic (exact) mass is 315 g/mol. The highest BCUT2D eigenvalue weighted by Gasteiger charge is 2.26. The first kappa shape index (κ1) is 16.1. The van der Waals surface area contributed by atoms with Crippen molar-refractivity contribution >= 4 is 23.2 Å². The van der Waals surface area contributed by atoms with E-state index in [1.807, 2.05) is 12.1 Å². The molecule has 1 aliphatic rings. The Morgan fingerprint density at radius 2 is 2.00 bits per heavy atom. The van der Waals surface area contributed by atoms with Crippen LogP contribution in [0.25, 0.3) is 0 Å². The van der Waals surface area contributed by atoms with Crippen LogP contribution >= 0.6 is 23.2 Å². The van der Waals surface area contributed by atoms with Crippen molar-refractivity contribution in [1.29, 1.82) is 0 Å². The summed E-state index contributed by atoms with van der Waals surface area (Å²) in [5, 5.41) is 11.3. The third-order valence-corrected chi connectivity index (χ3v) is 4.78. The molecule has 0 spiro atoms. The highest BCUT2D eigenvalue weighted by Crippen LogP contribution is 2.33. The molecule has 1 aliphatic carbocycles. The van der Waals surface area contributed by atoms with Gasteiger partial charge in [0.25, 0.3) is 0 Å². The summed E-state index contributed by atoms with van der Waals surface area (Å²) in [5.74, 6) is 0.865. The average molecular weight is 316 g/mol. The molecule has 1 atom stereocenters. The molecule has 1 aromatic rings. The van der Waals surface area contributed by atoms with Crippen LogP contribution < -0.4 is 0 Å². The topological polar surface area (TPSA) is 23.5 Å². The fourth-order valence-corrected chi connectivity index (χ4v) is 2.85. The summed E-state index contributed by atoms with van der Waals surface area (Å²) < 4.78 is 0. The van der Waals surface area contributed by atoms with E-state index in [9.17, 15) is 5.11 Å². The van der Waals surface area contributed by atoms with Crippen LogP contribution in [0.5, 0.6) is 0 Å². The molecule has 1 saturated carbocycles. The Balaban J connectivity index is 1.92. The van der Waals surface area contributed by atoms with Crippen LogP contribution in [0.1, 0.15) is 44.8 Å². The van der Waals surface area contributed by atoms with Gasteiger partial charge >= 0.3 is 0 Å². The van der Waals surface area contributed by atoms with Crippen LogP contribution in [0.15, 0.2) is 18.2 Å². The van der Waals surface area contributed by atoms with Crippen LogP contribution in [-0.4, -0.2) is 29.1 Å². The van der Waals surface area contributed by atoms with E-state index in [1.54, 1.807) is 6.07 Å². The lowest BCUT2D eigenvalue weighted by atomic mass is 10.1. The van der Waals surface area contributed by atoms with E-state index in [0.717, 1.165) is 24.6 Å². The second kappa shape index (κ2) is 7.13. The van der Waals surface area contributed by atoms with Gasteiger partial charge in [0, 0.05) is 24.7 Å². The van der Waals surface area contributed by atoms with Crippen LogP contribution in [0.2, 0.25) is 10.0 Å². The molecule has 1 unspecified atom stereocenters. The summed E-state index contributed by atoms with van der Waals surface area (Å²) in [6.07, 6.45) is 2.84. The molecular weight excluding hydrogens is 293 g/mol. The summed E-state index contributed by atoms with van der Waals surface area (Å²) in [6, 6.07) is 5.93. The summed E-state index contributed by atoms with van der Waals surface area (Å²) >= 11 is 12.1. The Labute approximate surface area is 131 Å². The number of nitrogens with zero attached hydrogens (tertiary/aromatic N) is 1. The molecule has 0 heterocycles. The second-order valence-corrected chi connectivity index (χ2v) is 6.76. The van der Waals surface area contributed by atoms with Gasteiger partial charge in [0.2, 0.25) is 0 Å². The van der Waals surface area contributed by atoms with Gasteiger partial charge in [0.15, 0.2) is 0 Å². The van der Waals surface area contributed by atoms with Crippen LogP contribution in [-0.2, 0) is 0 Å². The first-order valence-electron chi connectivity index (χ1n) is 7.35. The van der Waals surface area contributed by atoms with E-state index in [4.69, 9.17) is 23.2 Å². The maximum atomic E-state index is 10.3. The summed E-state index contributed by atoms with van der Waals surface area (Å²) in [4.78, 5) is 2.44. The predicted molar refractivity (Wildman–Crippen MR) is 85.5 cm³/mol. The lowest BCUT2D eigenvalue weighted by Gasteiger charge is -2.27. The van der Waals surface area contributed by atoms with Crippen LogP contribution in [0.4, 0.5) is 0 Å². The zero-order valence-corrected chi connectivity index (χ0v) is 13.7. The Morgan fingerprint density at radius 3 is 2.60 bits per heavy atom. The second-order valence-electron chi connectivity index (χ2n) is 5.98. The first-order chi connectivity index (χ1) is 9.49. The molecular formula is C16H23Cl2NO. The molecule has 1 N–H and O–H groups in total. The number of benzene rings is 1. The Kier molecular flexibility index (Phi) is 5.74. The van der Waals surface area contributed by atoms with Gasteiger partial charge in [-0.1, -0.05) is 35.3 Å². The minimum absolute atomic E-state index is 0.472. The summed E-state index contributed by atoms with van der Waals surface area (Å²) in [6.45, 7) is 6.45. The molecule has 0 saturated heterocycles. The molecule has 1 fully saturated rings. The van der Waals surface area contributed by atoms with Crippen LogP contribution in [0, 0.1) is 5.92 Å². The van der Waals surface area contributed by atoms with Gasteiger partial charge in [-0.15, -0.1) is 0 Å². The number of aliphatic hydroxyl groups is 1. The average Bonchev–Trinajstić information content (AvgIpc) is 3.21. The zero-order chi connectivity index (χ0) is 14.7. The van der Waals surface area contributed by atoms with Crippen molar-refractivity contribution in [3.05, 3.63) is 33.8 Å². The molecule has 20 heavy (non-hydrogen) atoms. The number of rotatable bonds is 7. The molecule has 0 aliphatic heterocycles. The Hall–Kier alpha value is -0.280. The van der Waals surface area contributed by atoms with Crippen molar-refractivity contribution in [3.8, 4) is 0 Å². The van der Waals surface area contributed by atoms with Gasteiger partial charge in [-0.05, 0) is 45.1 Å². The Bertz CT molecular complexity index is 446. The maximum absolute atomic E-state index is 10.3. The van der Waals surface area contributed by atoms with Gasteiger partial charge in [0.05, 0.1) is 16.1 Å². The zero-order valence-electron chi connectivity index (χ0n) is 12.1. The lowest BCUT2D eigenvalue weighted by molar-refractivity contribution is 0.128. The highest BCUT2D eigenvalue weighted by atomic mass is 35.5. The Morgan fingerprint density at radius 1 is 1.30 bits per heavy atom. The van der Waals surface area contributed by atoms with Gasteiger partial charge in [-0.3, -0.25) is 0 Å². The quantitative estimate of drug-likeness (QED) is 0.798. The van der Waals surface area contributed by atoms with Crippen molar-refractivity contribution in [1.82, 2.24) is 4.90 Å². The molecule has 112 valence electrons. The highest BCUT2D eigenvalue weighted by molar-refractivity contribution is 6.42. The molecule has 0 amide bonds. The lowest BCUT2D eigenvalue weighted by Crippen LogP contribution is -2.34. The van der Waals surface area contributed by atoms with Gasteiger partial charge in [0.1, 0.15) is 0 Å². The molecule has 1 aromatic carbocycles. The standard InChI is InChI=1S/C16H23Cl2NO/c1-11(2)19(10-12-6-7-12)9-8-15(20)13-4-3-5-14(17)16(13)18/h3-5,11-12,15,20H,6-10H2,1-2H3. The third kappa shape index (κ3) is 4.36. The molecule has 2 nitrogen and oxygen atoms in total. The van der Waals surface area contributed by atoms with Crippen molar-refractivity contribution < 1.29 is 5.11 Å². The molecule has 0 radical (unpaired) electrons. The molecule has 4 heteroatoms. The van der Waals surface area contributed by atoms with E-state index in [-0.39, 0.29) is 0 Å². The van der Waals surface area contributed by atoms with Crippen molar-refractivity contribution in [2.75, 3.05) is 13.1 Å². The van der Waals surface area contributed by atoms with E-state index < -0.39 is 6.10 Å². The molecule has 2 rings (SSSR count). The van der Waals surface area contributed by atoms with E-state index in [1.165, 1.54) is 12.8 Å². The third-order valence-electron chi connectivity index (χ3n) is 3.95. The SMILES string of the molecule is CC(C)N(CCC(O)c1cccc(Cl)c1Cl)CC1CC1. The minimum Gasteiger partial charge on any atom is -0.388 e. The normalized spacial score (nSPS) is 16.9. The molecule has 0 bridgehead atoms. The van der Waals surface area contributed by atoms with E-state index in [2.05, 4.69) is 18.7 Å². The minimum atomic E-state index is -0.554. The summed E-state index contributed by atoms with van der Waals surface area (Å²) in [5.41, 5.74) is 0.731. The maximum Gasteiger partial charge on any atom is 0.0817 e. The molecule has 0 aromatic heterocycles. The first-order valence-corrected chi connectivity index (χ1v) is 8.10. The van der Waals surface area contributed by atoms with Gasteiger partial charge in [-0.25, -0.2) is 0 Å². The number of hydrogen-bond donors (Lipinski definition) is 1. The van der Waals surface area contributed by atoms with Crippen molar-refractivity contribution in [3.63, 3.8) is 0 Å². The fourth-order valence-electron chi connectivity index (χ4n) is 2.41. The van der Waals surface area contributed by atoms with Gasteiger partial charge in [-0.2, -0.15) is 0 Å². The fraction of sp³-hybridized carbons (Fsp3) is 0.625. The van der Waals surface area contributed by atoms with E-state index >= 15 is 0 Å². The number of halogens is 2. The number of aliphatic hydroxyl groups excluding tert-OH is 1. The largest absolute Gasteiger partial charge is 0.388 e. The van der Waals surface area contributed by atoms with Crippen molar-refractivity contribution in [2.24, 2.45) is 5.92 Å². The smallest absolute Gasteiger partial charge is 0.0817 e. The van der Waals surface area contributed by atoms with Crippen LogP contribution in [0.3, 0.4) is 0 Å².